The predicted octanol–water partition coefficient (Wildman–Crippen LogP) is 7.56. The molecule has 0 aliphatic heterocycles. The molecule has 0 radical (unpaired) electrons. The van der Waals surface area contributed by atoms with Gasteiger partial charge in [-0.15, -0.1) is 0 Å². The van der Waals surface area contributed by atoms with Crippen molar-refractivity contribution in [1.29, 1.82) is 0 Å². The van der Waals surface area contributed by atoms with E-state index >= 15 is 0 Å². The first-order chi connectivity index (χ1) is 11.8. The van der Waals surface area contributed by atoms with E-state index in [0.717, 1.165) is 35.5 Å². The second-order valence-electron chi connectivity index (χ2n) is 8.87. The molecule has 0 amide bonds. The van der Waals surface area contributed by atoms with Crippen LogP contribution in [0.5, 0.6) is 0 Å². The Morgan fingerprint density at radius 3 is 2.00 bits per heavy atom. The molecule has 6 atom stereocenters. The van der Waals surface area contributed by atoms with Gasteiger partial charge in [0.1, 0.15) is 0 Å². The van der Waals surface area contributed by atoms with Crippen molar-refractivity contribution in [3.05, 3.63) is 24.3 Å². The third-order valence-corrected chi connectivity index (χ3v) is 7.31. The fourth-order valence-electron chi connectivity index (χ4n) is 6.31. The first-order valence-electron chi connectivity index (χ1n) is 11.2. The van der Waals surface area contributed by atoms with Gasteiger partial charge in [-0.25, -0.2) is 0 Å². The Morgan fingerprint density at radius 2 is 1.38 bits per heavy atom. The van der Waals surface area contributed by atoms with Crippen LogP contribution >= 0.6 is 0 Å². The van der Waals surface area contributed by atoms with E-state index in [4.69, 9.17) is 0 Å². The van der Waals surface area contributed by atoms with Crippen LogP contribution in [-0.2, 0) is 0 Å². The topological polar surface area (TPSA) is 0 Å². The van der Waals surface area contributed by atoms with Crippen molar-refractivity contribution < 1.29 is 0 Å². The summed E-state index contributed by atoms with van der Waals surface area (Å²) in [5.74, 6) is 6.66. The largest absolute Gasteiger partial charge is 0.0888 e. The Kier molecular flexibility index (Phi) is 7.05. The number of allylic oxidation sites excluding steroid dienone is 4. The number of rotatable bonds is 8. The molecule has 4 aliphatic rings. The van der Waals surface area contributed by atoms with Gasteiger partial charge in [-0.2, -0.15) is 0 Å². The molecule has 0 nitrogen and oxygen atoms in total. The van der Waals surface area contributed by atoms with Crippen LogP contribution < -0.4 is 0 Å². The molecule has 0 aromatic heterocycles. The highest BCUT2D eigenvalue weighted by molar-refractivity contribution is 5.19. The lowest BCUT2D eigenvalue weighted by atomic mass is 9.73. The summed E-state index contributed by atoms with van der Waals surface area (Å²) in [6.45, 7) is 4.46. The maximum atomic E-state index is 2.53. The molecule has 4 rings (SSSR count). The molecule has 136 valence electrons. The molecule has 0 heteroatoms. The maximum Gasteiger partial charge on any atom is -0.0194 e. The molecule has 3 fully saturated rings. The van der Waals surface area contributed by atoms with Crippen molar-refractivity contribution in [3.8, 4) is 0 Å². The third-order valence-electron chi connectivity index (χ3n) is 7.31. The highest BCUT2D eigenvalue weighted by atomic mass is 14.6. The molecule has 0 aromatic rings. The van der Waals surface area contributed by atoms with Crippen LogP contribution in [0, 0.1) is 35.5 Å². The Bertz CT molecular complexity index is 394. The smallest absolute Gasteiger partial charge is 0.0194 e. The van der Waals surface area contributed by atoms with E-state index in [-0.39, 0.29) is 0 Å². The van der Waals surface area contributed by atoms with Crippen molar-refractivity contribution in [2.45, 2.75) is 90.9 Å². The van der Waals surface area contributed by atoms with Crippen LogP contribution in [-0.4, -0.2) is 0 Å². The molecule has 0 N–H and O–H groups in total. The van der Waals surface area contributed by atoms with E-state index < -0.39 is 0 Å². The van der Waals surface area contributed by atoms with Gasteiger partial charge in [-0.3, -0.25) is 0 Å². The molecule has 0 aromatic carbocycles. The minimum atomic E-state index is 1.02. The van der Waals surface area contributed by atoms with Gasteiger partial charge < -0.3 is 0 Å². The van der Waals surface area contributed by atoms with E-state index in [1.165, 1.54) is 57.8 Å². The molecule has 0 heterocycles. The van der Waals surface area contributed by atoms with Gasteiger partial charge in [0.05, 0.1) is 0 Å². The van der Waals surface area contributed by atoms with E-state index in [1.54, 1.807) is 19.3 Å². The van der Waals surface area contributed by atoms with E-state index in [0.29, 0.717) is 0 Å². The van der Waals surface area contributed by atoms with Crippen LogP contribution in [0.15, 0.2) is 24.3 Å². The SMILES string of the molecule is C1=CC2CC1C1C3CCC(C3)C21.CCC=CCCCCCCCC. The van der Waals surface area contributed by atoms with E-state index in [2.05, 4.69) is 38.2 Å². The third kappa shape index (κ3) is 4.17. The molecule has 6 unspecified atom stereocenters. The van der Waals surface area contributed by atoms with Crippen molar-refractivity contribution in [2.75, 3.05) is 0 Å². The summed E-state index contributed by atoms with van der Waals surface area (Å²) in [5.41, 5.74) is 0. The van der Waals surface area contributed by atoms with Gasteiger partial charge in [0.2, 0.25) is 0 Å². The lowest BCUT2D eigenvalue weighted by Gasteiger charge is -2.31. The second-order valence-corrected chi connectivity index (χ2v) is 8.87. The van der Waals surface area contributed by atoms with Gasteiger partial charge in [-0.1, -0.05) is 70.3 Å². The summed E-state index contributed by atoms with van der Waals surface area (Å²) >= 11 is 0. The average Bonchev–Trinajstić information content (AvgIpc) is 3.37. The molecule has 24 heavy (non-hydrogen) atoms. The fourth-order valence-corrected chi connectivity index (χ4v) is 6.31. The van der Waals surface area contributed by atoms with Crippen molar-refractivity contribution in [2.24, 2.45) is 35.5 Å². The molecule has 4 bridgehead atoms. The zero-order valence-electron chi connectivity index (χ0n) is 16.3. The van der Waals surface area contributed by atoms with Crippen LogP contribution in [0.25, 0.3) is 0 Å². The Labute approximate surface area is 151 Å². The maximum absolute atomic E-state index is 2.53. The van der Waals surface area contributed by atoms with Crippen molar-refractivity contribution in [3.63, 3.8) is 0 Å². The minimum absolute atomic E-state index is 1.02. The number of hydrogen-bond donors (Lipinski definition) is 0. The van der Waals surface area contributed by atoms with Gasteiger partial charge in [0, 0.05) is 0 Å². The normalized spacial score (nSPS) is 37.9. The number of hydrogen-bond acceptors (Lipinski definition) is 0. The first kappa shape index (κ1) is 18.3. The van der Waals surface area contributed by atoms with E-state index in [1.807, 2.05) is 0 Å². The van der Waals surface area contributed by atoms with Crippen LogP contribution in [0.4, 0.5) is 0 Å². The fraction of sp³-hybridized carbons (Fsp3) is 0.833. The van der Waals surface area contributed by atoms with Gasteiger partial charge >= 0.3 is 0 Å². The quantitative estimate of drug-likeness (QED) is 0.245. The number of fused-ring (bicyclic) bond motifs is 9. The van der Waals surface area contributed by atoms with Crippen LogP contribution in [0.2, 0.25) is 0 Å². The van der Waals surface area contributed by atoms with Crippen molar-refractivity contribution >= 4 is 0 Å². The monoisotopic (exact) mass is 328 g/mol. The minimum Gasteiger partial charge on any atom is -0.0888 e. The Hall–Kier alpha value is -0.520. The lowest BCUT2D eigenvalue weighted by molar-refractivity contribution is 0.206. The van der Waals surface area contributed by atoms with Gasteiger partial charge in [-0.05, 0) is 80.5 Å². The highest BCUT2D eigenvalue weighted by Gasteiger charge is 2.57. The summed E-state index contributed by atoms with van der Waals surface area (Å²) < 4.78 is 0. The van der Waals surface area contributed by atoms with Crippen LogP contribution in [0.1, 0.15) is 90.9 Å². The van der Waals surface area contributed by atoms with Crippen molar-refractivity contribution in [1.82, 2.24) is 0 Å². The molecule has 4 aliphatic carbocycles. The zero-order chi connectivity index (χ0) is 16.8. The first-order valence-corrected chi connectivity index (χ1v) is 11.2. The molecule has 3 saturated carbocycles. The second kappa shape index (κ2) is 9.25. The van der Waals surface area contributed by atoms with Gasteiger partial charge in [0.25, 0.3) is 0 Å². The average molecular weight is 329 g/mol. The summed E-state index contributed by atoms with van der Waals surface area (Å²) in [6, 6.07) is 0. The molecule has 0 spiro atoms. The Morgan fingerprint density at radius 1 is 0.750 bits per heavy atom. The summed E-state index contributed by atoms with van der Waals surface area (Å²) in [6.07, 6.45) is 26.9. The number of unbranched alkanes of at least 4 members (excludes halogenated alkanes) is 6. The molecular weight excluding hydrogens is 288 g/mol. The summed E-state index contributed by atoms with van der Waals surface area (Å²) in [7, 11) is 0. The van der Waals surface area contributed by atoms with E-state index in [9.17, 15) is 0 Å². The summed E-state index contributed by atoms with van der Waals surface area (Å²) in [4.78, 5) is 0. The van der Waals surface area contributed by atoms with Crippen LogP contribution in [0.3, 0.4) is 0 Å². The Balaban J connectivity index is 0.000000141. The standard InChI is InChI=1S/C12H16.C12H24/c1-2-8-5-7(1)11-9-3-4-10(6-9)12(8)11;1-3-5-7-9-11-12-10-8-6-4-2/h1-2,7-12H,3-6H2;5,7H,3-4,6,8-12H2,1-2H3. The molecular formula is C24H40. The summed E-state index contributed by atoms with van der Waals surface area (Å²) in [5, 5.41) is 0. The predicted molar refractivity (Wildman–Crippen MR) is 106 cm³/mol. The highest BCUT2D eigenvalue weighted by Crippen LogP contribution is 2.65. The lowest BCUT2D eigenvalue weighted by Crippen LogP contribution is -2.25. The zero-order valence-corrected chi connectivity index (χ0v) is 16.3. The van der Waals surface area contributed by atoms with Gasteiger partial charge in [0.15, 0.2) is 0 Å². The molecule has 0 saturated heterocycles.